The summed E-state index contributed by atoms with van der Waals surface area (Å²) in [4.78, 5) is 27.2. The molecular weight excluding hydrogens is 350 g/mol. The largest absolute Gasteiger partial charge is 0.370 e. The lowest BCUT2D eigenvalue weighted by molar-refractivity contribution is -0.112. The van der Waals surface area contributed by atoms with Gasteiger partial charge in [0.15, 0.2) is 0 Å². The van der Waals surface area contributed by atoms with Gasteiger partial charge in [0.2, 0.25) is 0 Å². The smallest absolute Gasteiger partial charge is 0.255 e. The fourth-order valence-corrected chi connectivity index (χ4v) is 2.91. The normalized spacial score (nSPS) is 10.7. The Balaban J connectivity index is 3.21. The van der Waals surface area contributed by atoms with Crippen molar-refractivity contribution < 1.29 is 9.59 Å². The van der Waals surface area contributed by atoms with Crippen molar-refractivity contribution in [2.45, 2.75) is 53.4 Å². The summed E-state index contributed by atoms with van der Waals surface area (Å²) in [5, 5.41) is 5.87. The third-order valence-corrected chi connectivity index (χ3v) is 4.31. The number of carbonyl (C=O) groups is 2. The zero-order valence-corrected chi connectivity index (χ0v) is 17.8. The second-order valence-corrected chi connectivity index (χ2v) is 6.81. The Morgan fingerprint density at radius 1 is 1.11 bits per heavy atom. The molecule has 0 heterocycles. The number of carbonyl (C=O) groups excluding carboxylic acids is 2. The lowest BCUT2D eigenvalue weighted by Crippen LogP contribution is -2.28. The molecule has 0 unspecified atom stereocenters. The summed E-state index contributed by atoms with van der Waals surface area (Å²) in [6.45, 7) is 14.4. The Morgan fingerprint density at radius 2 is 1.79 bits per heavy atom. The second-order valence-electron chi connectivity index (χ2n) is 6.81. The van der Waals surface area contributed by atoms with Gasteiger partial charge in [-0.2, -0.15) is 0 Å². The van der Waals surface area contributed by atoms with E-state index in [2.05, 4.69) is 42.9 Å². The van der Waals surface area contributed by atoms with E-state index in [1.54, 1.807) is 18.2 Å². The first-order chi connectivity index (χ1) is 13.5. The van der Waals surface area contributed by atoms with Crippen LogP contribution in [0.2, 0.25) is 0 Å². The number of benzene rings is 1. The zero-order valence-electron chi connectivity index (χ0n) is 17.8. The summed E-state index contributed by atoms with van der Waals surface area (Å²) in [7, 11) is 0. The van der Waals surface area contributed by atoms with Gasteiger partial charge in [-0.1, -0.05) is 45.9 Å². The van der Waals surface area contributed by atoms with E-state index in [0.717, 1.165) is 44.5 Å². The molecule has 2 N–H and O–H groups in total. The summed E-state index contributed by atoms with van der Waals surface area (Å²) in [6.07, 6.45) is 7.41. The first kappa shape index (κ1) is 23.5. The number of allylic oxidation sites excluding steroid dienone is 1. The topological polar surface area (TPSA) is 61.4 Å². The van der Waals surface area contributed by atoms with Gasteiger partial charge in [0.1, 0.15) is 0 Å². The number of hydrogen-bond donors (Lipinski definition) is 2. The van der Waals surface area contributed by atoms with Crippen LogP contribution in [0.15, 0.2) is 42.5 Å². The maximum absolute atomic E-state index is 12.5. The van der Waals surface area contributed by atoms with E-state index in [1.165, 1.54) is 0 Å². The van der Waals surface area contributed by atoms with Crippen LogP contribution < -0.4 is 15.5 Å². The molecule has 0 spiro atoms. The molecule has 1 rings (SSSR count). The molecule has 0 saturated heterocycles. The van der Waals surface area contributed by atoms with Gasteiger partial charge in [-0.15, -0.1) is 0 Å². The molecule has 5 nitrogen and oxygen atoms in total. The number of amides is 2. The van der Waals surface area contributed by atoms with Crippen molar-refractivity contribution in [3.05, 3.63) is 48.1 Å². The predicted molar refractivity (Wildman–Crippen MR) is 119 cm³/mol. The van der Waals surface area contributed by atoms with E-state index < -0.39 is 0 Å². The Bertz CT molecular complexity index is 689. The molecule has 0 aromatic heterocycles. The molecule has 0 bridgehead atoms. The molecule has 0 aliphatic rings. The maximum atomic E-state index is 12.5. The van der Waals surface area contributed by atoms with Gasteiger partial charge < -0.3 is 15.5 Å². The minimum absolute atomic E-state index is 0.125. The fourth-order valence-electron chi connectivity index (χ4n) is 2.91. The van der Waals surface area contributed by atoms with Crippen LogP contribution in [0.25, 0.3) is 0 Å². The first-order valence-electron chi connectivity index (χ1n) is 10.3. The predicted octanol–water partition coefficient (Wildman–Crippen LogP) is 4.91. The van der Waals surface area contributed by atoms with Crippen molar-refractivity contribution in [1.29, 1.82) is 0 Å². The average Bonchev–Trinajstić information content (AvgIpc) is 2.68. The zero-order chi connectivity index (χ0) is 20.9. The van der Waals surface area contributed by atoms with E-state index in [0.29, 0.717) is 23.4 Å². The SMILES string of the molecule is C=C(/C=C\C)C(=O)Nc1cc(C(=O)NCCCC)ccc1N(CCC)CCC. The Labute approximate surface area is 169 Å². The molecule has 0 saturated carbocycles. The average molecular weight is 386 g/mol. The minimum Gasteiger partial charge on any atom is -0.370 e. The van der Waals surface area contributed by atoms with Gasteiger partial charge in [-0.25, -0.2) is 0 Å². The lowest BCUT2D eigenvalue weighted by atomic mass is 10.1. The first-order valence-corrected chi connectivity index (χ1v) is 10.3. The van der Waals surface area contributed by atoms with Crippen LogP contribution in [0, 0.1) is 0 Å². The summed E-state index contributed by atoms with van der Waals surface area (Å²) in [5.74, 6) is -0.392. The highest BCUT2D eigenvalue weighted by Gasteiger charge is 2.16. The van der Waals surface area contributed by atoms with Crippen molar-refractivity contribution >= 4 is 23.2 Å². The molecule has 0 fully saturated rings. The van der Waals surface area contributed by atoms with Crippen molar-refractivity contribution in [3.63, 3.8) is 0 Å². The van der Waals surface area contributed by atoms with Gasteiger partial charge in [0.05, 0.1) is 11.4 Å². The molecule has 5 heteroatoms. The quantitative estimate of drug-likeness (QED) is 0.305. The molecule has 0 radical (unpaired) electrons. The van der Waals surface area contributed by atoms with Crippen molar-refractivity contribution in [2.24, 2.45) is 0 Å². The number of unbranched alkanes of at least 4 members (excludes halogenated alkanes) is 1. The van der Waals surface area contributed by atoms with E-state index >= 15 is 0 Å². The third-order valence-electron chi connectivity index (χ3n) is 4.31. The van der Waals surface area contributed by atoms with Crippen molar-refractivity contribution in [3.8, 4) is 0 Å². The Kier molecular flexibility index (Phi) is 10.7. The fraction of sp³-hybridized carbons (Fsp3) is 0.478. The van der Waals surface area contributed by atoms with Gasteiger partial charge in [0.25, 0.3) is 11.8 Å². The van der Waals surface area contributed by atoms with Crippen LogP contribution in [0.5, 0.6) is 0 Å². The monoisotopic (exact) mass is 385 g/mol. The Morgan fingerprint density at radius 3 is 2.36 bits per heavy atom. The van der Waals surface area contributed by atoms with E-state index in [9.17, 15) is 9.59 Å². The van der Waals surface area contributed by atoms with E-state index in [4.69, 9.17) is 0 Å². The van der Waals surface area contributed by atoms with Crippen LogP contribution in [0.1, 0.15) is 63.7 Å². The van der Waals surface area contributed by atoms with Gasteiger partial charge in [-0.05, 0) is 44.4 Å². The third kappa shape index (κ3) is 7.22. The standard InChI is InChI=1S/C23H35N3O2/c1-6-10-14-24-23(28)19-12-13-21(26(15-8-3)16-9-4)20(17-19)25-22(27)18(5)11-7-2/h7,11-13,17H,5-6,8-10,14-16H2,1-4H3,(H,24,28)(H,25,27)/b11-7-. The summed E-state index contributed by atoms with van der Waals surface area (Å²) in [6, 6.07) is 5.51. The Hall–Kier alpha value is -2.56. The molecule has 0 aliphatic heterocycles. The number of nitrogens with zero attached hydrogens (tertiary/aromatic N) is 1. The molecule has 154 valence electrons. The number of anilines is 2. The molecule has 1 aromatic carbocycles. The molecule has 0 atom stereocenters. The maximum Gasteiger partial charge on any atom is 0.255 e. The van der Waals surface area contributed by atoms with Gasteiger partial charge >= 0.3 is 0 Å². The number of nitrogens with one attached hydrogen (secondary N) is 2. The highest BCUT2D eigenvalue weighted by Crippen LogP contribution is 2.28. The summed E-state index contributed by atoms with van der Waals surface area (Å²) in [5.41, 5.74) is 2.49. The molecule has 0 aliphatic carbocycles. The molecule has 1 aromatic rings. The lowest BCUT2D eigenvalue weighted by Gasteiger charge is -2.27. The van der Waals surface area contributed by atoms with E-state index in [1.807, 2.05) is 19.1 Å². The number of hydrogen-bond acceptors (Lipinski definition) is 3. The highest BCUT2D eigenvalue weighted by molar-refractivity contribution is 6.08. The van der Waals surface area contributed by atoms with Crippen LogP contribution in [0.4, 0.5) is 11.4 Å². The molecule has 28 heavy (non-hydrogen) atoms. The van der Waals surface area contributed by atoms with Crippen LogP contribution in [0.3, 0.4) is 0 Å². The van der Waals surface area contributed by atoms with Gasteiger partial charge in [-0.3, -0.25) is 9.59 Å². The van der Waals surface area contributed by atoms with Crippen LogP contribution in [-0.2, 0) is 4.79 Å². The van der Waals surface area contributed by atoms with Gasteiger partial charge in [0, 0.05) is 30.8 Å². The summed E-state index contributed by atoms with van der Waals surface area (Å²) < 4.78 is 0. The minimum atomic E-state index is -0.268. The number of rotatable bonds is 12. The summed E-state index contributed by atoms with van der Waals surface area (Å²) >= 11 is 0. The van der Waals surface area contributed by atoms with Crippen molar-refractivity contribution in [2.75, 3.05) is 29.9 Å². The van der Waals surface area contributed by atoms with Crippen LogP contribution >= 0.6 is 0 Å². The molecular formula is C23H35N3O2. The van der Waals surface area contributed by atoms with Crippen LogP contribution in [-0.4, -0.2) is 31.4 Å². The van der Waals surface area contributed by atoms with E-state index in [-0.39, 0.29) is 11.8 Å². The molecule has 2 amide bonds. The van der Waals surface area contributed by atoms with Crippen molar-refractivity contribution in [1.82, 2.24) is 5.32 Å². The highest BCUT2D eigenvalue weighted by atomic mass is 16.2. The second kappa shape index (κ2) is 12.8.